The van der Waals surface area contributed by atoms with E-state index >= 15 is 0 Å². The monoisotopic (exact) mass is 298 g/mol. The van der Waals surface area contributed by atoms with Crippen molar-refractivity contribution in [1.29, 1.82) is 0 Å². The number of nitrogens with one attached hydrogen (secondary N) is 1. The van der Waals surface area contributed by atoms with E-state index < -0.39 is 0 Å². The number of aromatic nitrogens is 1. The van der Waals surface area contributed by atoms with Gasteiger partial charge in [-0.3, -0.25) is 0 Å². The summed E-state index contributed by atoms with van der Waals surface area (Å²) in [5, 5.41) is 7.86. The molecule has 2 heterocycles. The van der Waals surface area contributed by atoms with Gasteiger partial charge in [-0.1, -0.05) is 6.92 Å². The van der Waals surface area contributed by atoms with Crippen LogP contribution in [0.4, 0.5) is 5.82 Å². The Labute approximate surface area is 128 Å². The van der Waals surface area contributed by atoms with Gasteiger partial charge in [-0.25, -0.2) is 4.98 Å². The molecule has 0 saturated heterocycles. The van der Waals surface area contributed by atoms with E-state index in [0.717, 1.165) is 35.3 Å². The third kappa shape index (κ3) is 2.85. The molecule has 3 aromatic rings. The summed E-state index contributed by atoms with van der Waals surface area (Å²) >= 11 is 1.79. The number of hydrogen-bond donors (Lipinski definition) is 1. The quantitative estimate of drug-likeness (QED) is 0.754. The SMILES string of the molecule is CCc1ccsc1CNc1nccc2cc(OC)ccc12. The van der Waals surface area contributed by atoms with E-state index in [0.29, 0.717) is 0 Å². The lowest BCUT2D eigenvalue weighted by Crippen LogP contribution is -2.02. The van der Waals surface area contributed by atoms with Crippen LogP contribution in [0.25, 0.3) is 10.8 Å². The first-order chi connectivity index (χ1) is 10.3. The van der Waals surface area contributed by atoms with E-state index in [9.17, 15) is 0 Å². The topological polar surface area (TPSA) is 34.2 Å². The number of thiophene rings is 1. The number of hydrogen-bond acceptors (Lipinski definition) is 4. The molecule has 4 heteroatoms. The Morgan fingerprint density at radius 2 is 2.14 bits per heavy atom. The van der Waals surface area contributed by atoms with Gasteiger partial charge in [0.1, 0.15) is 11.6 Å². The highest BCUT2D eigenvalue weighted by Gasteiger charge is 2.06. The number of pyridine rings is 1. The first-order valence-electron chi connectivity index (χ1n) is 7.03. The number of nitrogens with zero attached hydrogens (tertiary/aromatic N) is 1. The van der Waals surface area contributed by atoms with Gasteiger partial charge in [0.15, 0.2) is 0 Å². The molecule has 2 aromatic heterocycles. The minimum Gasteiger partial charge on any atom is -0.497 e. The summed E-state index contributed by atoms with van der Waals surface area (Å²) in [5.74, 6) is 1.79. The standard InChI is InChI=1S/C17H18N2OS/c1-3-12-7-9-21-16(12)11-19-17-15-5-4-14(20-2)10-13(15)6-8-18-17/h4-10H,3,11H2,1-2H3,(H,18,19). The molecule has 3 nitrogen and oxygen atoms in total. The molecule has 108 valence electrons. The molecule has 1 aromatic carbocycles. The number of benzene rings is 1. The van der Waals surface area contributed by atoms with Crippen LogP contribution in [0.1, 0.15) is 17.4 Å². The second-order valence-corrected chi connectivity index (χ2v) is 5.82. The second-order valence-electron chi connectivity index (χ2n) is 4.82. The molecular formula is C17H18N2OS. The van der Waals surface area contributed by atoms with Crippen LogP contribution < -0.4 is 10.1 Å². The Morgan fingerprint density at radius 1 is 1.24 bits per heavy atom. The second kappa shape index (κ2) is 6.14. The number of aryl methyl sites for hydroxylation is 1. The van der Waals surface area contributed by atoms with Crippen LogP contribution in [0.3, 0.4) is 0 Å². The lowest BCUT2D eigenvalue weighted by molar-refractivity contribution is 0.415. The fourth-order valence-electron chi connectivity index (χ4n) is 2.42. The van der Waals surface area contributed by atoms with Crippen molar-refractivity contribution in [3.8, 4) is 5.75 Å². The predicted octanol–water partition coefficient (Wildman–Crippen LogP) is 4.48. The Kier molecular flexibility index (Phi) is 4.06. The summed E-state index contributed by atoms with van der Waals surface area (Å²) in [6.45, 7) is 3.01. The molecule has 0 fully saturated rings. The average Bonchev–Trinajstić information content (AvgIpc) is 2.99. The third-order valence-corrected chi connectivity index (χ3v) is 4.57. The third-order valence-electron chi connectivity index (χ3n) is 3.61. The van der Waals surface area contributed by atoms with Gasteiger partial charge in [0.2, 0.25) is 0 Å². The van der Waals surface area contributed by atoms with Crippen LogP contribution >= 0.6 is 11.3 Å². The summed E-state index contributed by atoms with van der Waals surface area (Å²) in [4.78, 5) is 5.85. The molecule has 0 spiro atoms. The van der Waals surface area contributed by atoms with Crippen molar-refractivity contribution in [2.45, 2.75) is 19.9 Å². The van der Waals surface area contributed by atoms with E-state index in [4.69, 9.17) is 4.74 Å². The first kappa shape index (κ1) is 13.9. The summed E-state index contributed by atoms with van der Waals surface area (Å²) in [5.41, 5.74) is 1.41. The summed E-state index contributed by atoms with van der Waals surface area (Å²) in [7, 11) is 1.69. The van der Waals surface area contributed by atoms with Crippen LogP contribution in [0.5, 0.6) is 5.75 Å². The highest BCUT2D eigenvalue weighted by molar-refractivity contribution is 7.10. The molecule has 3 rings (SSSR count). The van der Waals surface area contributed by atoms with Crippen molar-refractivity contribution in [1.82, 2.24) is 4.98 Å². The number of anilines is 1. The maximum atomic E-state index is 5.27. The van der Waals surface area contributed by atoms with Crippen LogP contribution in [0, 0.1) is 0 Å². The maximum absolute atomic E-state index is 5.27. The zero-order chi connectivity index (χ0) is 14.7. The van der Waals surface area contributed by atoms with Crippen molar-refractivity contribution in [2.75, 3.05) is 12.4 Å². The van der Waals surface area contributed by atoms with Crippen molar-refractivity contribution in [2.24, 2.45) is 0 Å². The number of fused-ring (bicyclic) bond motifs is 1. The van der Waals surface area contributed by atoms with Gasteiger partial charge in [0, 0.05) is 16.5 Å². The van der Waals surface area contributed by atoms with Gasteiger partial charge in [-0.05, 0) is 53.1 Å². The van der Waals surface area contributed by atoms with Crippen molar-refractivity contribution in [3.05, 3.63) is 52.3 Å². The Morgan fingerprint density at radius 3 is 2.95 bits per heavy atom. The molecule has 0 aliphatic rings. The molecule has 0 radical (unpaired) electrons. The lowest BCUT2D eigenvalue weighted by atomic mass is 10.1. The van der Waals surface area contributed by atoms with E-state index in [1.807, 2.05) is 24.4 Å². The molecule has 0 atom stereocenters. The smallest absolute Gasteiger partial charge is 0.134 e. The molecular weight excluding hydrogens is 280 g/mol. The number of ether oxygens (including phenoxy) is 1. The summed E-state index contributed by atoms with van der Waals surface area (Å²) < 4.78 is 5.27. The fraction of sp³-hybridized carbons (Fsp3) is 0.235. The highest BCUT2D eigenvalue weighted by Crippen LogP contribution is 2.26. The predicted molar refractivity (Wildman–Crippen MR) is 89.3 cm³/mol. The zero-order valence-corrected chi connectivity index (χ0v) is 13.0. The van der Waals surface area contributed by atoms with Crippen LogP contribution in [0.2, 0.25) is 0 Å². The summed E-state index contributed by atoms with van der Waals surface area (Å²) in [6.07, 6.45) is 2.90. The van der Waals surface area contributed by atoms with Crippen LogP contribution in [-0.2, 0) is 13.0 Å². The molecule has 21 heavy (non-hydrogen) atoms. The Bertz CT molecular complexity index is 751. The number of rotatable bonds is 5. The molecule has 0 aliphatic carbocycles. The number of methoxy groups -OCH3 is 1. The van der Waals surface area contributed by atoms with Gasteiger partial charge in [-0.15, -0.1) is 11.3 Å². The fourth-order valence-corrected chi connectivity index (χ4v) is 3.34. The van der Waals surface area contributed by atoms with E-state index in [2.05, 4.69) is 34.7 Å². The Balaban J connectivity index is 1.87. The van der Waals surface area contributed by atoms with Crippen LogP contribution in [0.15, 0.2) is 41.9 Å². The van der Waals surface area contributed by atoms with Gasteiger partial charge in [-0.2, -0.15) is 0 Å². The zero-order valence-electron chi connectivity index (χ0n) is 12.2. The van der Waals surface area contributed by atoms with Crippen molar-refractivity contribution < 1.29 is 4.74 Å². The molecule has 0 bridgehead atoms. The van der Waals surface area contributed by atoms with E-state index in [1.54, 1.807) is 18.4 Å². The van der Waals surface area contributed by atoms with Gasteiger partial charge < -0.3 is 10.1 Å². The van der Waals surface area contributed by atoms with E-state index in [1.165, 1.54) is 10.4 Å². The lowest BCUT2D eigenvalue weighted by Gasteiger charge is -2.10. The molecule has 1 N–H and O–H groups in total. The minimum absolute atomic E-state index is 0.818. The molecule has 0 aliphatic heterocycles. The van der Waals surface area contributed by atoms with Gasteiger partial charge in [0.05, 0.1) is 13.7 Å². The first-order valence-corrected chi connectivity index (χ1v) is 7.91. The average molecular weight is 298 g/mol. The maximum Gasteiger partial charge on any atom is 0.134 e. The molecule has 0 amide bonds. The molecule has 0 unspecified atom stereocenters. The van der Waals surface area contributed by atoms with Crippen molar-refractivity contribution >= 4 is 27.9 Å². The van der Waals surface area contributed by atoms with Gasteiger partial charge >= 0.3 is 0 Å². The largest absolute Gasteiger partial charge is 0.497 e. The van der Waals surface area contributed by atoms with Crippen molar-refractivity contribution in [3.63, 3.8) is 0 Å². The summed E-state index contributed by atoms with van der Waals surface area (Å²) in [6, 6.07) is 10.3. The Hall–Kier alpha value is -2.07. The molecule has 0 saturated carbocycles. The van der Waals surface area contributed by atoms with Crippen LogP contribution in [-0.4, -0.2) is 12.1 Å². The normalized spacial score (nSPS) is 10.8. The highest BCUT2D eigenvalue weighted by atomic mass is 32.1. The van der Waals surface area contributed by atoms with E-state index in [-0.39, 0.29) is 0 Å². The minimum atomic E-state index is 0.818. The van der Waals surface area contributed by atoms with Gasteiger partial charge in [0.25, 0.3) is 0 Å².